The molecule has 0 radical (unpaired) electrons. The Balaban J connectivity index is 2.16. The summed E-state index contributed by atoms with van der Waals surface area (Å²) in [5.41, 5.74) is 0.964. The molecule has 16 heavy (non-hydrogen) atoms. The SMILES string of the molecule is CCC1(C)CN(c2cc(C)ncn2)CCO1. The molecule has 4 heteroatoms. The van der Waals surface area contributed by atoms with Crippen molar-refractivity contribution in [3.8, 4) is 0 Å². The van der Waals surface area contributed by atoms with Gasteiger partial charge >= 0.3 is 0 Å². The van der Waals surface area contributed by atoms with E-state index in [1.165, 1.54) is 0 Å². The molecule has 1 fully saturated rings. The molecule has 0 amide bonds. The van der Waals surface area contributed by atoms with E-state index in [9.17, 15) is 0 Å². The van der Waals surface area contributed by atoms with Crippen LogP contribution in [0.15, 0.2) is 12.4 Å². The first-order chi connectivity index (χ1) is 7.63. The van der Waals surface area contributed by atoms with Crippen LogP contribution in [-0.4, -0.2) is 35.3 Å². The predicted molar refractivity (Wildman–Crippen MR) is 63.6 cm³/mol. The summed E-state index contributed by atoms with van der Waals surface area (Å²) in [6.07, 6.45) is 2.65. The zero-order valence-corrected chi connectivity index (χ0v) is 10.2. The second kappa shape index (κ2) is 4.37. The standard InChI is InChI=1S/C12H19N3O/c1-4-12(3)8-15(5-6-16-12)11-7-10(2)13-9-14-11/h7,9H,4-6,8H2,1-3H3. The van der Waals surface area contributed by atoms with Crippen molar-refractivity contribution >= 4 is 5.82 Å². The number of anilines is 1. The Hall–Kier alpha value is -1.16. The quantitative estimate of drug-likeness (QED) is 0.763. The van der Waals surface area contributed by atoms with Gasteiger partial charge < -0.3 is 9.64 Å². The van der Waals surface area contributed by atoms with Gasteiger partial charge in [0.25, 0.3) is 0 Å². The van der Waals surface area contributed by atoms with Crippen LogP contribution in [0.25, 0.3) is 0 Å². The molecule has 2 rings (SSSR count). The highest BCUT2D eigenvalue weighted by Crippen LogP contribution is 2.24. The Labute approximate surface area is 96.7 Å². The highest BCUT2D eigenvalue weighted by atomic mass is 16.5. The third-order valence-corrected chi connectivity index (χ3v) is 3.20. The fourth-order valence-corrected chi connectivity index (χ4v) is 1.95. The summed E-state index contributed by atoms with van der Waals surface area (Å²) in [6, 6.07) is 2.03. The Morgan fingerprint density at radius 3 is 3.00 bits per heavy atom. The minimum Gasteiger partial charge on any atom is -0.372 e. The molecule has 1 atom stereocenters. The molecular formula is C12H19N3O. The second-order valence-electron chi connectivity index (χ2n) is 4.59. The van der Waals surface area contributed by atoms with Crippen molar-refractivity contribution in [1.29, 1.82) is 0 Å². The summed E-state index contributed by atoms with van der Waals surface area (Å²) in [5, 5.41) is 0. The number of hydrogen-bond acceptors (Lipinski definition) is 4. The number of rotatable bonds is 2. The van der Waals surface area contributed by atoms with Gasteiger partial charge in [-0.2, -0.15) is 0 Å². The van der Waals surface area contributed by atoms with Gasteiger partial charge in [0.1, 0.15) is 12.1 Å². The largest absolute Gasteiger partial charge is 0.372 e. The molecule has 0 aliphatic carbocycles. The van der Waals surface area contributed by atoms with E-state index in [0.717, 1.165) is 37.6 Å². The van der Waals surface area contributed by atoms with Gasteiger partial charge in [0.05, 0.1) is 12.2 Å². The van der Waals surface area contributed by atoms with Crippen LogP contribution in [0.2, 0.25) is 0 Å². The van der Waals surface area contributed by atoms with Crippen LogP contribution >= 0.6 is 0 Å². The fourth-order valence-electron chi connectivity index (χ4n) is 1.95. The summed E-state index contributed by atoms with van der Waals surface area (Å²) < 4.78 is 5.81. The number of ether oxygens (including phenoxy) is 1. The van der Waals surface area contributed by atoms with Gasteiger partial charge in [0, 0.05) is 24.8 Å². The van der Waals surface area contributed by atoms with Gasteiger partial charge in [-0.3, -0.25) is 0 Å². The van der Waals surface area contributed by atoms with E-state index in [4.69, 9.17) is 4.74 Å². The molecule has 1 aliphatic heterocycles. The smallest absolute Gasteiger partial charge is 0.132 e. The van der Waals surface area contributed by atoms with Crippen LogP contribution < -0.4 is 4.90 Å². The molecule has 0 bridgehead atoms. The molecule has 1 aromatic heterocycles. The van der Waals surface area contributed by atoms with Crippen LogP contribution in [-0.2, 0) is 4.74 Å². The van der Waals surface area contributed by atoms with Crippen LogP contribution in [0.3, 0.4) is 0 Å². The van der Waals surface area contributed by atoms with E-state index in [0.29, 0.717) is 0 Å². The van der Waals surface area contributed by atoms with Crippen LogP contribution in [0, 0.1) is 6.92 Å². The van der Waals surface area contributed by atoms with Gasteiger partial charge in [-0.15, -0.1) is 0 Å². The third-order valence-electron chi connectivity index (χ3n) is 3.20. The van der Waals surface area contributed by atoms with Crippen molar-refractivity contribution in [2.75, 3.05) is 24.6 Å². The zero-order valence-electron chi connectivity index (χ0n) is 10.2. The van der Waals surface area contributed by atoms with E-state index >= 15 is 0 Å². The van der Waals surface area contributed by atoms with Crippen LogP contribution in [0.1, 0.15) is 26.0 Å². The average Bonchev–Trinajstić information content (AvgIpc) is 2.29. The average molecular weight is 221 g/mol. The third kappa shape index (κ3) is 2.32. The molecule has 1 saturated heterocycles. The molecule has 0 spiro atoms. The van der Waals surface area contributed by atoms with Crippen LogP contribution in [0.5, 0.6) is 0 Å². The molecular weight excluding hydrogens is 202 g/mol. The van der Waals surface area contributed by atoms with Gasteiger partial charge in [0.15, 0.2) is 0 Å². The summed E-state index contributed by atoms with van der Waals surface area (Å²) in [5.74, 6) is 1.01. The van der Waals surface area contributed by atoms with Crippen molar-refractivity contribution in [3.63, 3.8) is 0 Å². The van der Waals surface area contributed by atoms with E-state index in [1.807, 2.05) is 13.0 Å². The number of hydrogen-bond donors (Lipinski definition) is 0. The van der Waals surface area contributed by atoms with Gasteiger partial charge in [-0.05, 0) is 20.3 Å². The minimum absolute atomic E-state index is 0.0445. The van der Waals surface area contributed by atoms with Crippen molar-refractivity contribution < 1.29 is 4.74 Å². The van der Waals surface area contributed by atoms with Crippen molar-refractivity contribution in [2.24, 2.45) is 0 Å². The molecule has 0 saturated carbocycles. The molecule has 1 aliphatic rings. The van der Waals surface area contributed by atoms with E-state index in [1.54, 1.807) is 6.33 Å². The number of aryl methyl sites for hydroxylation is 1. The maximum atomic E-state index is 5.81. The lowest BCUT2D eigenvalue weighted by atomic mass is 10.0. The molecule has 1 aromatic rings. The van der Waals surface area contributed by atoms with Crippen molar-refractivity contribution in [1.82, 2.24) is 9.97 Å². The molecule has 88 valence electrons. The van der Waals surface area contributed by atoms with E-state index in [2.05, 4.69) is 28.7 Å². The highest BCUT2D eigenvalue weighted by molar-refractivity contribution is 5.39. The minimum atomic E-state index is -0.0445. The van der Waals surface area contributed by atoms with E-state index in [-0.39, 0.29) is 5.60 Å². The summed E-state index contributed by atoms with van der Waals surface area (Å²) in [6.45, 7) is 8.89. The Morgan fingerprint density at radius 1 is 1.50 bits per heavy atom. The Bertz CT molecular complexity index is 369. The highest BCUT2D eigenvalue weighted by Gasteiger charge is 2.30. The maximum Gasteiger partial charge on any atom is 0.132 e. The Morgan fingerprint density at radius 2 is 2.31 bits per heavy atom. The van der Waals surface area contributed by atoms with Gasteiger partial charge in [-0.25, -0.2) is 9.97 Å². The van der Waals surface area contributed by atoms with Gasteiger partial charge in [0.2, 0.25) is 0 Å². The fraction of sp³-hybridized carbons (Fsp3) is 0.667. The monoisotopic (exact) mass is 221 g/mol. The van der Waals surface area contributed by atoms with Crippen molar-refractivity contribution in [3.05, 3.63) is 18.1 Å². The lowest BCUT2D eigenvalue weighted by Gasteiger charge is -2.40. The normalized spacial score (nSPS) is 25.8. The first kappa shape index (κ1) is 11.3. The maximum absolute atomic E-state index is 5.81. The number of morpholine rings is 1. The summed E-state index contributed by atoms with van der Waals surface area (Å²) in [7, 11) is 0. The lowest BCUT2D eigenvalue weighted by Crippen LogP contribution is -2.50. The zero-order chi connectivity index (χ0) is 11.6. The van der Waals surface area contributed by atoms with E-state index < -0.39 is 0 Å². The molecule has 1 unspecified atom stereocenters. The van der Waals surface area contributed by atoms with Crippen LogP contribution in [0.4, 0.5) is 5.82 Å². The molecule has 4 nitrogen and oxygen atoms in total. The number of aromatic nitrogens is 2. The van der Waals surface area contributed by atoms with Gasteiger partial charge in [-0.1, -0.05) is 6.92 Å². The lowest BCUT2D eigenvalue weighted by molar-refractivity contribution is -0.0443. The molecule has 0 aromatic carbocycles. The molecule has 2 heterocycles. The first-order valence-corrected chi connectivity index (χ1v) is 5.80. The predicted octanol–water partition coefficient (Wildman–Crippen LogP) is 1.79. The second-order valence-corrected chi connectivity index (χ2v) is 4.59. The summed E-state index contributed by atoms with van der Waals surface area (Å²) in [4.78, 5) is 10.7. The first-order valence-electron chi connectivity index (χ1n) is 5.80. The Kier molecular flexibility index (Phi) is 3.10. The van der Waals surface area contributed by atoms with Crippen molar-refractivity contribution in [2.45, 2.75) is 32.8 Å². The number of nitrogens with zero attached hydrogens (tertiary/aromatic N) is 3. The summed E-state index contributed by atoms with van der Waals surface area (Å²) >= 11 is 0. The topological polar surface area (TPSA) is 38.2 Å². The molecule has 0 N–H and O–H groups in total.